The Morgan fingerprint density at radius 3 is 2.44 bits per heavy atom. The molecule has 0 aromatic heterocycles. The maximum absolute atomic E-state index is 12.1. The number of nitrogens with zero attached hydrogens (tertiary/aromatic N) is 1. The van der Waals surface area contributed by atoms with Crippen LogP contribution in [-0.2, 0) is 22.4 Å². The van der Waals surface area contributed by atoms with Crippen molar-refractivity contribution in [3.8, 4) is 0 Å². The third-order valence-corrected chi connectivity index (χ3v) is 3.77. The Balaban J connectivity index is 2.02. The topological polar surface area (TPSA) is 115 Å². The second-order valence-corrected chi connectivity index (χ2v) is 5.89. The van der Waals surface area contributed by atoms with Gasteiger partial charge in [0, 0.05) is 23.6 Å². The standard InChI is InChI=1S/C17H16ClN3O4/c18-13-6-4-11(5-7-13)9-15(17(19)23)20-16(22)10-12-2-1-3-14(8-12)21(24)25/h1-8,15H,9-10H2,(H2,19,23)(H,20,22)/t15-/m0/s1. The van der Waals surface area contributed by atoms with Gasteiger partial charge in [-0.15, -0.1) is 0 Å². The van der Waals surface area contributed by atoms with Crippen LogP contribution in [0.4, 0.5) is 5.69 Å². The van der Waals surface area contributed by atoms with E-state index >= 15 is 0 Å². The second kappa shape index (κ2) is 8.25. The highest BCUT2D eigenvalue weighted by Crippen LogP contribution is 2.14. The van der Waals surface area contributed by atoms with E-state index in [0.29, 0.717) is 10.6 Å². The summed E-state index contributed by atoms with van der Waals surface area (Å²) in [5.41, 5.74) is 6.52. The van der Waals surface area contributed by atoms with Crippen LogP contribution in [0.1, 0.15) is 11.1 Å². The molecule has 2 aromatic carbocycles. The van der Waals surface area contributed by atoms with Crippen molar-refractivity contribution < 1.29 is 14.5 Å². The molecule has 0 unspecified atom stereocenters. The lowest BCUT2D eigenvalue weighted by molar-refractivity contribution is -0.384. The van der Waals surface area contributed by atoms with Crippen LogP contribution in [0.15, 0.2) is 48.5 Å². The van der Waals surface area contributed by atoms with Crippen LogP contribution in [0.2, 0.25) is 5.02 Å². The first-order valence-electron chi connectivity index (χ1n) is 7.41. The van der Waals surface area contributed by atoms with Crippen LogP contribution in [0, 0.1) is 10.1 Å². The van der Waals surface area contributed by atoms with E-state index in [2.05, 4.69) is 5.32 Å². The number of carbonyl (C=O) groups is 2. The van der Waals surface area contributed by atoms with Crippen molar-refractivity contribution in [3.63, 3.8) is 0 Å². The van der Waals surface area contributed by atoms with Gasteiger partial charge >= 0.3 is 0 Å². The van der Waals surface area contributed by atoms with Crippen LogP contribution in [-0.4, -0.2) is 22.8 Å². The van der Waals surface area contributed by atoms with Crippen molar-refractivity contribution in [2.75, 3.05) is 0 Å². The molecule has 0 aliphatic carbocycles. The summed E-state index contributed by atoms with van der Waals surface area (Å²) >= 11 is 5.81. The van der Waals surface area contributed by atoms with Gasteiger partial charge < -0.3 is 11.1 Å². The summed E-state index contributed by atoms with van der Waals surface area (Å²) < 4.78 is 0. The minimum absolute atomic E-state index is 0.0912. The van der Waals surface area contributed by atoms with Gasteiger partial charge in [0.15, 0.2) is 0 Å². The Bertz CT molecular complexity index is 793. The maximum atomic E-state index is 12.1. The lowest BCUT2D eigenvalue weighted by Gasteiger charge is -2.15. The fraction of sp³-hybridized carbons (Fsp3) is 0.176. The van der Waals surface area contributed by atoms with Crippen LogP contribution in [0.25, 0.3) is 0 Å². The molecule has 2 rings (SSSR count). The largest absolute Gasteiger partial charge is 0.368 e. The van der Waals surface area contributed by atoms with Gasteiger partial charge in [-0.1, -0.05) is 35.9 Å². The molecule has 0 spiro atoms. The van der Waals surface area contributed by atoms with Gasteiger partial charge in [-0.25, -0.2) is 0 Å². The predicted octanol–water partition coefficient (Wildman–Crippen LogP) is 2.00. The molecule has 8 heteroatoms. The third kappa shape index (κ3) is 5.58. The van der Waals surface area contributed by atoms with Gasteiger partial charge in [0.25, 0.3) is 5.69 Å². The molecule has 7 nitrogen and oxygen atoms in total. The third-order valence-electron chi connectivity index (χ3n) is 3.52. The molecule has 0 aliphatic rings. The smallest absolute Gasteiger partial charge is 0.269 e. The Labute approximate surface area is 148 Å². The number of amides is 2. The fourth-order valence-electron chi connectivity index (χ4n) is 2.29. The van der Waals surface area contributed by atoms with Gasteiger partial charge in [0.2, 0.25) is 11.8 Å². The summed E-state index contributed by atoms with van der Waals surface area (Å²) in [7, 11) is 0. The lowest BCUT2D eigenvalue weighted by Crippen LogP contribution is -2.46. The number of hydrogen-bond donors (Lipinski definition) is 2. The summed E-state index contributed by atoms with van der Waals surface area (Å²) in [6.45, 7) is 0. The monoisotopic (exact) mass is 361 g/mol. The molecule has 0 fully saturated rings. The SMILES string of the molecule is NC(=O)[C@H](Cc1ccc(Cl)cc1)NC(=O)Cc1cccc([N+](=O)[O-])c1. The van der Waals surface area contributed by atoms with Crippen molar-refractivity contribution in [2.24, 2.45) is 5.73 Å². The molecular weight excluding hydrogens is 346 g/mol. The minimum atomic E-state index is -0.882. The van der Waals surface area contributed by atoms with Gasteiger partial charge in [0.1, 0.15) is 6.04 Å². The quantitative estimate of drug-likeness (QED) is 0.579. The lowest BCUT2D eigenvalue weighted by atomic mass is 10.0. The Kier molecular flexibility index (Phi) is 6.08. The number of non-ortho nitro benzene ring substituents is 1. The molecule has 0 bridgehead atoms. The molecule has 2 amide bonds. The van der Waals surface area contributed by atoms with Crippen molar-refractivity contribution in [1.29, 1.82) is 0 Å². The molecule has 0 saturated heterocycles. The number of nitro groups is 1. The number of carbonyl (C=O) groups excluding carboxylic acids is 2. The van der Waals surface area contributed by atoms with Crippen LogP contribution in [0.5, 0.6) is 0 Å². The molecule has 130 valence electrons. The number of primary amides is 1. The molecule has 25 heavy (non-hydrogen) atoms. The Hall–Kier alpha value is -2.93. The number of halogens is 1. The summed E-state index contributed by atoms with van der Waals surface area (Å²) in [5.74, 6) is -1.11. The second-order valence-electron chi connectivity index (χ2n) is 5.46. The predicted molar refractivity (Wildman–Crippen MR) is 93.1 cm³/mol. The van der Waals surface area contributed by atoms with E-state index in [-0.39, 0.29) is 18.5 Å². The zero-order valence-corrected chi connectivity index (χ0v) is 13.9. The Morgan fingerprint density at radius 1 is 1.16 bits per heavy atom. The van der Waals surface area contributed by atoms with E-state index in [1.807, 2.05) is 0 Å². The molecular formula is C17H16ClN3O4. The number of nitro benzene ring substituents is 1. The first kappa shape index (κ1) is 18.4. The highest BCUT2D eigenvalue weighted by molar-refractivity contribution is 6.30. The van der Waals surface area contributed by atoms with Crippen molar-refractivity contribution in [1.82, 2.24) is 5.32 Å². The van der Waals surface area contributed by atoms with E-state index in [1.165, 1.54) is 18.2 Å². The van der Waals surface area contributed by atoms with E-state index in [1.54, 1.807) is 30.3 Å². The summed E-state index contributed by atoms with van der Waals surface area (Å²) in [4.78, 5) is 34.0. The van der Waals surface area contributed by atoms with Crippen LogP contribution < -0.4 is 11.1 Å². The van der Waals surface area contributed by atoms with Gasteiger partial charge in [-0.3, -0.25) is 19.7 Å². The average molecular weight is 362 g/mol. The van der Waals surface area contributed by atoms with E-state index in [9.17, 15) is 19.7 Å². The first-order chi connectivity index (χ1) is 11.8. The normalized spacial score (nSPS) is 11.6. The molecule has 0 heterocycles. The molecule has 3 N–H and O–H groups in total. The Morgan fingerprint density at radius 2 is 1.84 bits per heavy atom. The van der Waals surface area contributed by atoms with Gasteiger partial charge in [0.05, 0.1) is 11.3 Å². The van der Waals surface area contributed by atoms with Crippen LogP contribution in [0.3, 0.4) is 0 Å². The molecule has 0 aliphatic heterocycles. The zero-order chi connectivity index (χ0) is 18.4. The number of nitrogens with two attached hydrogens (primary N) is 1. The first-order valence-corrected chi connectivity index (χ1v) is 7.79. The van der Waals surface area contributed by atoms with Crippen molar-refractivity contribution in [2.45, 2.75) is 18.9 Å². The van der Waals surface area contributed by atoms with Crippen molar-refractivity contribution in [3.05, 3.63) is 74.8 Å². The molecule has 0 radical (unpaired) electrons. The summed E-state index contributed by atoms with van der Waals surface area (Å²) in [5, 5.41) is 13.9. The number of nitrogens with one attached hydrogen (secondary N) is 1. The number of benzene rings is 2. The van der Waals surface area contributed by atoms with E-state index in [0.717, 1.165) is 5.56 Å². The average Bonchev–Trinajstić information content (AvgIpc) is 2.56. The molecule has 0 saturated carbocycles. The minimum Gasteiger partial charge on any atom is -0.368 e. The maximum Gasteiger partial charge on any atom is 0.269 e. The highest BCUT2D eigenvalue weighted by atomic mass is 35.5. The number of hydrogen-bond acceptors (Lipinski definition) is 4. The fourth-order valence-corrected chi connectivity index (χ4v) is 2.42. The number of rotatable bonds is 7. The van der Waals surface area contributed by atoms with Gasteiger partial charge in [-0.05, 0) is 23.3 Å². The summed E-state index contributed by atoms with van der Waals surface area (Å²) in [6.07, 6.45) is 0.138. The zero-order valence-electron chi connectivity index (χ0n) is 13.1. The highest BCUT2D eigenvalue weighted by Gasteiger charge is 2.19. The van der Waals surface area contributed by atoms with E-state index < -0.39 is 22.8 Å². The van der Waals surface area contributed by atoms with Crippen molar-refractivity contribution >= 4 is 29.1 Å². The summed E-state index contributed by atoms with van der Waals surface area (Å²) in [6, 6.07) is 11.7. The van der Waals surface area contributed by atoms with Gasteiger partial charge in [-0.2, -0.15) is 0 Å². The molecule has 1 atom stereocenters. The molecule has 2 aromatic rings. The van der Waals surface area contributed by atoms with Crippen LogP contribution >= 0.6 is 11.6 Å². The van der Waals surface area contributed by atoms with E-state index in [4.69, 9.17) is 17.3 Å².